The Morgan fingerprint density at radius 1 is 0.970 bits per heavy atom. The van der Waals surface area contributed by atoms with E-state index in [1.807, 2.05) is 24.0 Å². The van der Waals surface area contributed by atoms with Crippen molar-refractivity contribution < 1.29 is 18.7 Å². The molecule has 0 bridgehead atoms. The average molecular weight is 445 g/mol. The highest BCUT2D eigenvalue weighted by atomic mass is 19.1. The van der Waals surface area contributed by atoms with Gasteiger partial charge >= 0.3 is 0 Å². The number of ether oxygens (including phenoxy) is 1. The fraction of sp³-hybridized carbons (Fsp3) is 0.192. The van der Waals surface area contributed by atoms with E-state index in [-0.39, 0.29) is 5.57 Å². The lowest BCUT2D eigenvalue weighted by atomic mass is 10.0. The number of carbonyl (C=O) groups excluding carboxylic acids is 2. The number of pyridine rings is 1. The van der Waals surface area contributed by atoms with Crippen molar-refractivity contribution >= 4 is 23.1 Å². The number of hydrogen-bond acceptors (Lipinski definition) is 5. The van der Waals surface area contributed by atoms with Crippen molar-refractivity contribution in [3.63, 3.8) is 0 Å². The lowest BCUT2D eigenvalue weighted by Crippen LogP contribution is -2.36. The van der Waals surface area contributed by atoms with Crippen LogP contribution in [0.25, 0.3) is 5.57 Å². The minimum absolute atomic E-state index is 0.252. The molecule has 1 aliphatic rings. The number of nitrogens with zero attached hydrogens (tertiary/aromatic N) is 3. The van der Waals surface area contributed by atoms with Gasteiger partial charge in [0.1, 0.15) is 17.3 Å². The minimum atomic E-state index is -0.464. The summed E-state index contributed by atoms with van der Waals surface area (Å²) in [5.41, 5.74) is 2.49. The Morgan fingerprint density at radius 2 is 1.67 bits per heavy atom. The summed E-state index contributed by atoms with van der Waals surface area (Å²) in [6.45, 7) is 2.98. The van der Waals surface area contributed by atoms with E-state index in [0.717, 1.165) is 10.5 Å². The number of carbonyl (C=O) groups is 2. The zero-order valence-corrected chi connectivity index (χ0v) is 18.5. The Balaban J connectivity index is 1.78. The molecule has 0 atom stereocenters. The lowest BCUT2D eigenvalue weighted by Gasteiger charge is -2.25. The van der Waals surface area contributed by atoms with Gasteiger partial charge in [-0.3, -0.25) is 14.6 Å². The second kappa shape index (κ2) is 9.65. The van der Waals surface area contributed by atoms with Crippen molar-refractivity contribution in [2.24, 2.45) is 0 Å². The Kier molecular flexibility index (Phi) is 6.49. The molecule has 0 unspecified atom stereocenters. The average Bonchev–Trinajstić information content (AvgIpc) is 3.10. The van der Waals surface area contributed by atoms with Crippen LogP contribution >= 0.6 is 0 Å². The molecule has 6 nitrogen and oxygen atoms in total. The first-order chi connectivity index (χ1) is 16.0. The molecule has 0 spiro atoms. The molecule has 2 heterocycles. The van der Waals surface area contributed by atoms with Crippen molar-refractivity contribution in [3.8, 4) is 5.75 Å². The molecule has 0 saturated heterocycles. The van der Waals surface area contributed by atoms with Crippen molar-refractivity contribution in [3.05, 3.63) is 95.7 Å². The van der Waals surface area contributed by atoms with E-state index < -0.39 is 17.6 Å². The molecule has 33 heavy (non-hydrogen) atoms. The molecule has 2 aromatic carbocycles. The monoisotopic (exact) mass is 445 g/mol. The van der Waals surface area contributed by atoms with Gasteiger partial charge in [0.25, 0.3) is 11.8 Å². The fourth-order valence-electron chi connectivity index (χ4n) is 3.96. The Bertz CT molecular complexity index is 1190. The second-order valence-electron chi connectivity index (χ2n) is 7.53. The largest absolute Gasteiger partial charge is 0.495 e. The first-order valence-corrected chi connectivity index (χ1v) is 10.7. The van der Waals surface area contributed by atoms with Gasteiger partial charge in [0.2, 0.25) is 0 Å². The van der Waals surface area contributed by atoms with E-state index in [4.69, 9.17) is 4.74 Å². The van der Waals surface area contributed by atoms with Crippen molar-refractivity contribution in [1.29, 1.82) is 0 Å². The smallest absolute Gasteiger partial charge is 0.282 e. The summed E-state index contributed by atoms with van der Waals surface area (Å²) in [6, 6.07) is 16.4. The maximum atomic E-state index is 13.7. The third kappa shape index (κ3) is 4.35. The number of para-hydroxylation sites is 2. The molecule has 2 amide bonds. The zero-order valence-electron chi connectivity index (χ0n) is 18.5. The summed E-state index contributed by atoms with van der Waals surface area (Å²) in [5, 5.41) is 0. The van der Waals surface area contributed by atoms with E-state index in [0.29, 0.717) is 42.2 Å². The molecule has 1 aliphatic heterocycles. The standard InChI is InChI=1S/C26H24FN3O3/c1-3-29(17-14-18-12-15-28-16-13-18)24-23(19-8-10-20(27)11-9-19)25(31)30(26(24)32)21-6-4-5-7-22(21)33-2/h4-13,15-16H,3,14,17H2,1-2H3. The zero-order chi connectivity index (χ0) is 23.4. The number of imide groups is 1. The molecule has 0 fully saturated rings. The molecule has 1 aromatic heterocycles. The topological polar surface area (TPSA) is 62.7 Å². The molecular weight excluding hydrogens is 421 g/mol. The number of hydrogen-bond donors (Lipinski definition) is 0. The summed E-state index contributed by atoms with van der Waals surface area (Å²) in [5.74, 6) is -0.892. The van der Waals surface area contributed by atoms with Crippen molar-refractivity contribution in [2.75, 3.05) is 25.1 Å². The van der Waals surface area contributed by atoms with Crippen molar-refractivity contribution in [1.82, 2.24) is 9.88 Å². The molecule has 7 heteroatoms. The number of halogens is 1. The van der Waals surface area contributed by atoms with Crippen LogP contribution in [0.15, 0.2) is 78.8 Å². The first kappa shape index (κ1) is 22.2. The van der Waals surface area contributed by atoms with Gasteiger partial charge in [-0.05, 0) is 60.9 Å². The number of rotatable bonds is 8. The summed E-state index contributed by atoms with van der Waals surface area (Å²) < 4.78 is 19.0. The van der Waals surface area contributed by atoms with Crippen LogP contribution in [-0.2, 0) is 16.0 Å². The van der Waals surface area contributed by atoms with Crippen LogP contribution in [0.4, 0.5) is 10.1 Å². The van der Waals surface area contributed by atoms with Gasteiger partial charge in [-0.15, -0.1) is 0 Å². The van der Waals surface area contributed by atoms with E-state index in [1.54, 1.807) is 36.7 Å². The Labute approximate surface area is 191 Å². The van der Waals surface area contributed by atoms with Gasteiger partial charge in [-0.1, -0.05) is 24.3 Å². The van der Waals surface area contributed by atoms with Crippen LogP contribution < -0.4 is 9.64 Å². The number of likely N-dealkylation sites (N-methyl/N-ethyl adjacent to an activating group) is 1. The van der Waals surface area contributed by atoms with Gasteiger partial charge < -0.3 is 9.64 Å². The predicted molar refractivity (Wildman–Crippen MR) is 124 cm³/mol. The SMILES string of the molecule is CCN(CCc1ccncc1)C1=C(c2ccc(F)cc2)C(=O)N(c2ccccc2OC)C1=O. The van der Waals surface area contributed by atoms with Gasteiger partial charge in [-0.2, -0.15) is 0 Å². The van der Waals surface area contributed by atoms with Gasteiger partial charge in [0.05, 0.1) is 18.4 Å². The van der Waals surface area contributed by atoms with Crippen LogP contribution in [0.3, 0.4) is 0 Å². The molecule has 4 rings (SSSR count). The summed E-state index contributed by atoms with van der Waals surface area (Å²) >= 11 is 0. The number of anilines is 1. The molecule has 3 aromatic rings. The number of aromatic nitrogens is 1. The molecular formula is C26H24FN3O3. The van der Waals surface area contributed by atoms with E-state index in [9.17, 15) is 14.0 Å². The molecule has 168 valence electrons. The molecule has 0 saturated carbocycles. The van der Waals surface area contributed by atoms with Crippen LogP contribution in [0.2, 0.25) is 0 Å². The second-order valence-corrected chi connectivity index (χ2v) is 7.53. The first-order valence-electron chi connectivity index (χ1n) is 10.7. The Hall–Kier alpha value is -4.00. The van der Waals surface area contributed by atoms with E-state index >= 15 is 0 Å². The third-order valence-electron chi connectivity index (χ3n) is 5.64. The minimum Gasteiger partial charge on any atom is -0.495 e. The van der Waals surface area contributed by atoms with E-state index in [2.05, 4.69) is 4.98 Å². The summed E-state index contributed by atoms with van der Waals surface area (Å²) in [7, 11) is 1.49. The van der Waals surface area contributed by atoms with Crippen LogP contribution in [0.5, 0.6) is 5.75 Å². The highest BCUT2D eigenvalue weighted by Crippen LogP contribution is 2.38. The van der Waals surface area contributed by atoms with Gasteiger partial charge in [0, 0.05) is 25.5 Å². The Morgan fingerprint density at radius 3 is 2.33 bits per heavy atom. The maximum absolute atomic E-state index is 13.7. The van der Waals surface area contributed by atoms with Crippen LogP contribution in [0, 0.1) is 5.82 Å². The number of methoxy groups -OCH3 is 1. The summed E-state index contributed by atoms with van der Waals surface area (Å²) in [6.07, 6.45) is 4.12. The predicted octanol–water partition coefficient (Wildman–Crippen LogP) is 4.08. The fourth-order valence-corrected chi connectivity index (χ4v) is 3.96. The maximum Gasteiger partial charge on any atom is 0.282 e. The quantitative estimate of drug-likeness (QED) is 0.489. The summed E-state index contributed by atoms with van der Waals surface area (Å²) in [4.78, 5) is 34.4. The van der Waals surface area contributed by atoms with Crippen molar-refractivity contribution in [2.45, 2.75) is 13.3 Å². The molecule has 0 radical (unpaired) electrons. The van der Waals surface area contributed by atoms with Gasteiger partial charge in [-0.25, -0.2) is 9.29 Å². The lowest BCUT2D eigenvalue weighted by molar-refractivity contribution is -0.120. The van der Waals surface area contributed by atoms with E-state index in [1.165, 1.54) is 31.4 Å². The molecule has 0 aliphatic carbocycles. The number of amides is 2. The highest BCUT2D eigenvalue weighted by Gasteiger charge is 2.43. The normalized spacial score (nSPS) is 13.6. The highest BCUT2D eigenvalue weighted by molar-refractivity contribution is 6.45. The van der Waals surface area contributed by atoms with Crippen LogP contribution in [0.1, 0.15) is 18.1 Å². The third-order valence-corrected chi connectivity index (χ3v) is 5.64. The number of benzene rings is 2. The van der Waals surface area contributed by atoms with Crippen LogP contribution in [-0.4, -0.2) is 41.9 Å². The molecule has 0 N–H and O–H groups in total. The van der Waals surface area contributed by atoms with Gasteiger partial charge in [0.15, 0.2) is 0 Å².